The molecule has 6 nitrogen and oxygen atoms in total. The molecule has 3 amide bonds. The third-order valence-electron chi connectivity index (χ3n) is 2.60. The topological polar surface area (TPSA) is 84.5 Å². The van der Waals surface area contributed by atoms with Crippen molar-refractivity contribution in [3.63, 3.8) is 0 Å². The van der Waals surface area contributed by atoms with Crippen LogP contribution in [0.15, 0.2) is 30.3 Å². The fourth-order valence-corrected chi connectivity index (χ4v) is 1.47. The van der Waals surface area contributed by atoms with Gasteiger partial charge in [0.2, 0.25) is 0 Å². The van der Waals surface area contributed by atoms with Crippen LogP contribution in [0.4, 0.5) is 4.79 Å². The fraction of sp³-hybridized carbons (Fsp3) is 0.400. The summed E-state index contributed by atoms with van der Waals surface area (Å²) < 4.78 is 4.80. The zero-order valence-electron chi connectivity index (χ0n) is 12.2. The number of benzene rings is 1. The van der Waals surface area contributed by atoms with Crippen LogP contribution in [0.2, 0.25) is 0 Å². The second-order valence-electron chi connectivity index (χ2n) is 4.93. The molecule has 1 aromatic carbocycles. The predicted octanol–water partition coefficient (Wildman–Crippen LogP) is 1.72. The maximum atomic E-state index is 11.6. The first-order valence-corrected chi connectivity index (χ1v) is 6.79. The van der Waals surface area contributed by atoms with Crippen LogP contribution < -0.4 is 10.6 Å². The highest BCUT2D eigenvalue weighted by Gasteiger charge is 2.11. The number of urea groups is 1. The smallest absolute Gasteiger partial charge is 0.338 e. The van der Waals surface area contributed by atoms with Crippen molar-refractivity contribution >= 4 is 17.9 Å². The lowest BCUT2D eigenvalue weighted by Crippen LogP contribution is -2.41. The number of carbonyl (C=O) groups is 3. The molecule has 1 aromatic rings. The Kier molecular flexibility index (Phi) is 6.94. The molecule has 0 atom stereocenters. The van der Waals surface area contributed by atoms with Crippen molar-refractivity contribution in [1.29, 1.82) is 0 Å². The lowest BCUT2D eigenvalue weighted by atomic mass is 10.1. The molecular formula is C15H20N2O4. The molecule has 0 aromatic heterocycles. The molecule has 0 saturated carbocycles. The summed E-state index contributed by atoms with van der Waals surface area (Å²) in [5.41, 5.74) is 0.353. The fourth-order valence-electron chi connectivity index (χ4n) is 1.47. The lowest BCUT2D eigenvalue weighted by molar-refractivity contribution is -0.123. The first-order valence-electron chi connectivity index (χ1n) is 6.79. The third kappa shape index (κ3) is 7.10. The lowest BCUT2D eigenvalue weighted by Gasteiger charge is -2.08. The largest absolute Gasteiger partial charge is 0.452 e. The van der Waals surface area contributed by atoms with E-state index in [-0.39, 0.29) is 0 Å². The number of hydrogen-bond donors (Lipinski definition) is 2. The summed E-state index contributed by atoms with van der Waals surface area (Å²) in [5.74, 6) is -0.805. The van der Waals surface area contributed by atoms with Crippen LogP contribution in [0.3, 0.4) is 0 Å². The highest BCUT2D eigenvalue weighted by molar-refractivity contribution is 5.96. The van der Waals surface area contributed by atoms with Crippen molar-refractivity contribution in [1.82, 2.24) is 10.6 Å². The molecule has 0 saturated heterocycles. The Morgan fingerprint density at radius 1 is 1.14 bits per heavy atom. The van der Waals surface area contributed by atoms with Gasteiger partial charge in [0.25, 0.3) is 5.91 Å². The summed E-state index contributed by atoms with van der Waals surface area (Å²) >= 11 is 0. The van der Waals surface area contributed by atoms with Crippen molar-refractivity contribution in [2.24, 2.45) is 5.92 Å². The predicted molar refractivity (Wildman–Crippen MR) is 77.7 cm³/mol. The monoisotopic (exact) mass is 292 g/mol. The molecule has 0 spiro atoms. The van der Waals surface area contributed by atoms with Crippen molar-refractivity contribution < 1.29 is 19.1 Å². The Labute approximate surface area is 123 Å². The SMILES string of the molecule is CC(C)CCNC(=O)NC(=O)COC(=O)c1ccccc1. The number of ether oxygens (including phenoxy) is 1. The molecule has 0 aliphatic rings. The van der Waals surface area contributed by atoms with Gasteiger partial charge in [-0.2, -0.15) is 0 Å². The van der Waals surface area contributed by atoms with Gasteiger partial charge >= 0.3 is 12.0 Å². The van der Waals surface area contributed by atoms with Crippen LogP contribution >= 0.6 is 0 Å². The molecule has 2 N–H and O–H groups in total. The zero-order chi connectivity index (χ0) is 15.7. The van der Waals surface area contributed by atoms with E-state index in [1.54, 1.807) is 30.3 Å². The van der Waals surface area contributed by atoms with E-state index in [4.69, 9.17) is 4.74 Å². The molecule has 0 unspecified atom stereocenters. The van der Waals surface area contributed by atoms with Gasteiger partial charge in [-0.25, -0.2) is 9.59 Å². The van der Waals surface area contributed by atoms with Crippen molar-refractivity contribution in [2.75, 3.05) is 13.2 Å². The van der Waals surface area contributed by atoms with E-state index in [1.807, 2.05) is 13.8 Å². The van der Waals surface area contributed by atoms with Gasteiger partial charge in [0.05, 0.1) is 5.56 Å². The molecule has 0 bridgehead atoms. The Balaban J connectivity index is 2.25. The molecule has 114 valence electrons. The number of esters is 1. The Morgan fingerprint density at radius 2 is 1.81 bits per heavy atom. The van der Waals surface area contributed by atoms with Crippen LogP contribution in [0.25, 0.3) is 0 Å². The van der Waals surface area contributed by atoms with Crippen molar-refractivity contribution in [3.05, 3.63) is 35.9 Å². The van der Waals surface area contributed by atoms with E-state index >= 15 is 0 Å². The van der Waals surface area contributed by atoms with Gasteiger partial charge in [0.15, 0.2) is 6.61 Å². The number of imide groups is 1. The molecule has 0 radical (unpaired) electrons. The van der Waals surface area contributed by atoms with Crippen molar-refractivity contribution in [2.45, 2.75) is 20.3 Å². The van der Waals surface area contributed by atoms with Crippen molar-refractivity contribution in [3.8, 4) is 0 Å². The molecule has 1 rings (SSSR count). The first kappa shape index (κ1) is 16.7. The summed E-state index contributed by atoms with van der Waals surface area (Å²) in [6, 6.07) is 7.73. The first-order chi connectivity index (χ1) is 9.99. The average molecular weight is 292 g/mol. The summed E-state index contributed by atoms with van der Waals surface area (Å²) in [6.45, 7) is 4.06. The summed E-state index contributed by atoms with van der Waals surface area (Å²) in [4.78, 5) is 34.4. The highest BCUT2D eigenvalue weighted by atomic mass is 16.5. The van der Waals surface area contributed by atoms with Gasteiger partial charge in [-0.15, -0.1) is 0 Å². The number of amides is 3. The molecule has 0 fully saturated rings. The van der Waals surface area contributed by atoms with Gasteiger partial charge in [0, 0.05) is 6.54 Å². The number of nitrogens with one attached hydrogen (secondary N) is 2. The quantitative estimate of drug-likeness (QED) is 0.782. The van der Waals surface area contributed by atoms with Crippen LogP contribution in [-0.2, 0) is 9.53 Å². The van der Waals surface area contributed by atoms with Crippen LogP contribution in [0, 0.1) is 5.92 Å². The normalized spacial score (nSPS) is 10.0. The minimum atomic E-state index is -0.665. The third-order valence-corrected chi connectivity index (χ3v) is 2.60. The minimum Gasteiger partial charge on any atom is -0.452 e. The van der Waals surface area contributed by atoms with Gasteiger partial charge in [-0.1, -0.05) is 32.0 Å². The number of hydrogen-bond acceptors (Lipinski definition) is 4. The Bertz CT molecular complexity index is 486. The van der Waals surface area contributed by atoms with E-state index in [2.05, 4.69) is 10.6 Å². The Hall–Kier alpha value is -2.37. The highest BCUT2D eigenvalue weighted by Crippen LogP contribution is 2.00. The van der Waals surface area contributed by atoms with E-state index in [0.717, 1.165) is 6.42 Å². The van der Waals surface area contributed by atoms with Gasteiger partial charge in [0.1, 0.15) is 0 Å². The molecule has 0 aliphatic heterocycles. The Morgan fingerprint density at radius 3 is 2.43 bits per heavy atom. The van der Waals surface area contributed by atoms with E-state index in [0.29, 0.717) is 18.0 Å². The summed E-state index contributed by atoms with van der Waals surface area (Å²) in [5, 5.41) is 4.65. The second kappa shape index (κ2) is 8.73. The van der Waals surface area contributed by atoms with Gasteiger partial charge < -0.3 is 10.1 Å². The van der Waals surface area contributed by atoms with E-state index < -0.39 is 24.5 Å². The molecule has 0 aliphatic carbocycles. The zero-order valence-corrected chi connectivity index (χ0v) is 12.2. The molecule has 6 heteroatoms. The summed E-state index contributed by atoms with van der Waals surface area (Å²) in [7, 11) is 0. The number of carbonyl (C=O) groups excluding carboxylic acids is 3. The van der Waals surface area contributed by atoms with Gasteiger partial charge in [-0.05, 0) is 24.5 Å². The number of rotatable bonds is 6. The maximum Gasteiger partial charge on any atom is 0.338 e. The maximum absolute atomic E-state index is 11.6. The standard InChI is InChI=1S/C15H20N2O4/c1-11(2)8-9-16-15(20)17-13(18)10-21-14(19)12-6-4-3-5-7-12/h3-7,11H,8-10H2,1-2H3,(H2,16,17,18,20). The van der Waals surface area contributed by atoms with Crippen LogP contribution in [0.1, 0.15) is 30.6 Å². The minimum absolute atomic E-state index is 0.353. The van der Waals surface area contributed by atoms with Gasteiger partial charge in [-0.3, -0.25) is 10.1 Å². The molecular weight excluding hydrogens is 272 g/mol. The molecule has 21 heavy (non-hydrogen) atoms. The van der Waals surface area contributed by atoms with Crippen LogP contribution in [0.5, 0.6) is 0 Å². The average Bonchev–Trinajstić information content (AvgIpc) is 2.45. The molecule has 0 heterocycles. The van der Waals surface area contributed by atoms with Crippen LogP contribution in [-0.4, -0.2) is 31.1 Å². The second-order valence-corrected chi connectivity index (χ2v) is 4.93. The summed E-state index contributed by atoms with van der Waals surface area (Å²) in [6.07, 6.45) is 0.824. The van der Waals surface area contributed by atoms with E-state index in [9.17, 15) is 14.4 Å². The van der Waals surface area contributed by atoms with E-state index in [1.165, 1.54) is 0 Å².